The van der Waals surface area contributed by atoms with E-state index < -0.39 is 5.82 Å². The quantitative estimate of drug-likeness (QED) is 0.753. The number of carbonyl (C=O) groups excluding carboxylic acids is 1. The lowest BCUT2D eigenvalue weighted by Gasteiger charge is -2.23. The van der Waals surface area contributed by atoms with E-state index in [0.29, 0.717) is 10.9 Å². The molecule has 0 radical (unpaired) electrons. The number of fused-ring (bicyclic) bond motifs is 1. The van der Waals surface area contributed by atoms with Crippen molar-refractivity contribution in [1.82, 2.24) is 14.9 Å². The fourth-order valence-corrected chi connectivity index (χ4v) is 3.83. The zero-order chi connectivity index (χ0) is 19.5. The van der Waals surface area contributed by atoms with Gasteiger partial charge in [-0.05, 0) is 37.1 Å². The standard InChI is InChI=1S/C22H22FN3O2/c23-18-12-6-4-10-16(18)21-25-19-13-7-5-11-17(19)22(28)26(21)14-20(27)24-15-8-2-1-3-9-15/h4-7,10-13,15H,1-3,8-9,14H2,(H,24,27). The van der Waals surface area contributed by atoms with Gasteiger partial charge in [-0.2, -0.15) is 0 Å². The first-order chi connectivity index (χ1) is 13.6. The molecule has 144 valence electrons. The molecular weight excluding hydrogens is 357 g/mol. The monoisotopic (exact) mass is 379 g/mol. The van der Waals surface area contributed by atoms with E-state index in [9.17, 15) is 14.0 Å². The van der Waals surface area contributed by atoms with Crippen LogP contribution in [-0.4, -0.2) is 21.5 Å². The Hall–Kier alpha value is -3.02. The highest BCUT2D eigenvalue weighted by atomic mass is 19.1. The van der Waals surface area contributed by atoms with Gasteiger partial charge in [0.05, 0.1) is 16.5 Å². The van der Waals surface area contributed by atoms with Crippen molar-refractivity contribution in [1.29, 1.82) is 0 Å². The number of benzene rings is 2. The molecule has 1 N–H and O–H groups in total. The lowest BCUT2D eigenvalue weighted by Crippen LogP contribution is -2.40. The van der Waals surface area contributed by atoms with E-state index in [1.807, 2.05) is 0 Å². The maximum absolute atomic E-state index is 14.4. The minimum absolute atomic E-state index is 0.141. The molecule has 0 aliphatic heterocycles. The van der Waals surface area contributed by atoms with Crippen LogP contribution >= 0.6 is 0 Å². The number of amides is 1. The maximum Gasteiger partial charge on any atom is 0.262 e. The third-order valence-corrected chi connectivity index (χ3v) is 5.25. The molecule has 1 amide bonds. The summed E-state index contributed by atoms with van der Waals surface area (Å²) >= 11 is 0. The van der Waals surface area contributed by atoms with Crippen molar-refractivity contribution < 1.29 is 9.18 Å². The molecule has 0 unspecified atom stereocenters. The molecule has 28 heavy (non-hydrogen) atoms. The largest absolute Gasteiger partial charge is 0.352 e. The molecule has 0 atom stereocenters. The second-order valence-electron chi connectivity index (χ2n) is 7.23. The molecule has 1 saturated carbocycles. The van der Waals surface area contributed by atoms with E-state index in [1.165, 1.54) is 17.1 Å². The van der Waals surface area contributed by atoms with Crippen molar-refractivity contribution in [2.45, 2.75) is 44.7 Å². The van der Waals surface area contributed by atoms with Gasteiger partial charge in [-0.3, -0.25) is 14.2 Å². The average molecular weight is 379 g/mol. The van der Waals surface area contributed by atoms with Crippen LogP contribution in [0.4, 0.5) is 4.39 Å². The first-order valence-electron chi connectivity index (χ1n) is 9.67. The molecule has 3 aromatic rings. The van der Waals surface area contributed by atoms with Crippen molar-refractivity contribution in [2.75, 3.05) is 0 Å². The van der Waals surface area contributed by atoms with E-state index in [0.717, 1.165) is 25.7 Å². The van der Waals surface area contributed by atoms with Crippen molar-refractivity contribution in [3.63, 3.8) is 0 Å². The number of carbonyl (C=O) groups is 1. The van der Waals surface area contributed by atoms with Crippen LogP contribution in [0.1, 0.15) is 32.1 Å². The number of aromatic nitrogens is 2. The molecule has 6 heteroatoms. The van der Waals surface area contributed by atoms with Gasteiger partial charge in [0.1, 0.15) is 18.2 Å². The van der Waals surface area contributed by atoms with Crippen LogP contribution in [0.5, 0.6) is 0 Å². The topological polar surface area (TPSA) is 64.0 Å². The summed E-state index contributed by atoms with van der Waals surface area (Å²) in [5.74, 6) is -0.560. The second kappa shape index (κ2) is 7.92. The summed E-state index contributed by atoms with van der Waals surface area (Å²) in [6.07, 6.45) is 5.30. The molecule has 0 spiro atoms. The molecule has 4 rings (SSSR count). The van der Waals surface area contributed by atoms with Gasteiger partial charge in [-0.15, -0.1) is 0 Å². The Morgan fingerprint density at radius 3 is 2.57 bits per heavy atom. The summed E-state index contributed by atoms with van der Waals surface area (Å²) in [5, 5.41) is 3.43. The van der Waals surface area contributed by atoms with Crippen molar-refractivity contribution in [3.05, 3.63) is 64.7 Å². The van der Waals surface area contributed by atoms with Crippen molar-refractivity contribution >= 4 is 16.8 Å². The van der Waals surface area contributed by atoms with Gasteiger partial charge in [-0.25, -0.2) is 9.37 Å². The third-order valence-electron chi connectivity index (χ3n) is 5.25. The van der Waals surface area contributed by atoms with Crippen LogP contribution in [0.15, 0.2) is 53.3 Å². The summed E-state index contributed by atoms with van der Waals surface area (Å²) in [7, 11) is 0. The van der Waals surface area contributed by atoms with Crippen LogP contribution in [0.3, 0.4) is 0 Å². The van der Waals surface area contributed by atoms with Gasteiger partial charge in [0.15, 0.2) is 0 Å². The van der Waals surface area contributed by atoms with Gasteiger partial charge in [0.25, 0.3) is 5.56 Å². The average Bonchev–Trinajstić information content (AvgIpc) is 2.71. The summed E-state index contributed by atoms with van der Waals surface area (Å²) in [5.41, 5.74) is 0.341. The van der Waals surface area contributed by atoms with Crippen LogP contribution in [0.25, 0.3) is 22.3 Å². The first kappa shape index (κ1) is 18.3. The van der Waals surface area contributed by atoms with Crippen LogP contribution in [-0.2, 0) is 11.3 Å². The van der Waals surface area contributed by atoms with Gasteiger partial charge in [-0.1, -0.05) is 43.5 Å². The molecular formula is C22H22FN3O2. The number of nitrogens with one attached hydrogen (secondary N) is 1. The van der Waals surface area contributed by atoms with Gasteiger partial charge < -0.3 is 5.32 Å². The molecule has 2 aromatic carbocycles. The smallest absolute Gasteiger partial charge is 0.262 e. The molecule has 1 aliphatic rings. The fourth-order valence-electron chi connectivity index (χ4n) is 3.83. The Morgan fingerprint density at radius 2 is 1.79 bits per heavy atom. The first-order valence-corrected chi connectivity index (χ1v) is 9.67. The molecule has 5 nitrogen and oxygen atoms in total. The van der Waals surface area contributed by atoms with Crippen molar-refractivity contribution in [3.8, 4) is 11.4 Å². The van der Waals surface area contributed by atoms with Crippen LogP contribution < -0.4 is 10.9 Å². The minimum atomic E-state index is -0.480. The number of para-hydroxylation sites is 1. The highest BCUT2D eigenvalue weighted by Gasteiger charge is 2.20. The number of nitrogens with zero attached hydrogens (tertiary/aromatic N) is 2. The molecule has 0 saturated heterocycles. The zero-order valence-electron chi connectivity index (χ0n) is 15.5. The highest BCUT2D eigenvalue weighted by Crippen LogP contribution is 2.22. The Balaban J connectivity index is 1.76. The van der Waals surface area contributed by atoms with Crippen molar-refractivity contribution in [2.24, 2.45) is 0 Å². The Morgan fingerprint density at radius 1 is 1.07 bits per heavy atom. The molecule has 1 heterocycles. The van der Waals surface area contributed by atoms with E-state index in [-0.39, 0.29) is 35.4 Å². The minimum Gasteiger partial charge on any atom is -0.352 e. The van der Waals surface area contributed by atoms with Gasteiger partial charge >= 0.3 is 0 Å². The molecule has 1 aromatic heterocycles. The Labute approximate surface area is 162 Å². The van der Waals surface area contributed by atoms with Crippen LogP contribution in [0.2, 0.25) is 0 Å². The number of halogens is 1. The third kappa shape index (κ3) is 3.67. The molecule has 1 aliphatic carbocycles. The highest BCUT2D eigenvalue weighted by molar-refractivity contribution is 5.81. The Bertz CT molecular complexity index is 1070. The predicted octanol–water partition coefficient (Wildman–Crippen LogP) is 3.65. The number of hydrogen-bond acceptors (Lipinski definition) is 3. The molecule has 1 fully saturated rings. The van der Waals surface area contributed by atoms with Gasteiger partial charge in [0.2, 0.25) is 5.91 Å². The Kier molecular flexibility index (Phi) is 5.19. The summed E-state index contributed by atoms with van der Waals surface area (Å²) < 4.78 is 15.7. The lowest BCUT2D eigenvalue weighted by molar-refractivity contribution is -0.122. The molecule has 0 bridgehead atoms. The zero-order valence-corrected chi connectivity index (χ0v) is 15.5. The SMILES string of the molecule is O=C(Cn1c(-c2ccccc2F)nc2ccccc2c1=O)NC1CCCCC1. The second-order valence-corrected chi connectivity index (χ2v) is 7.23. The van der Waals surface area contributed by atoms with E-state index in [4.69, 9.17) is 0 Å². The van der Waals surface area contributed by atoms with E-state index in [2.05, 4.69) is 10.3 Å². The fraction of sp³-hybridized carbons (Fsp3) is 0.318. The number of hydrogen-bond donors (Lipinski definition) is 1. The predicted molar refractivity (Wildman–Crippen MR) is 106 cm³/mol. The van der Waals surface area contributed by atoms with Crippen LogP contribution in [0, 0.1) is 5.82 Å². The maximum atomic E-state index is 14.4. The summed E-state index contributed by atoms with van der Waals surface area (Å²) in [6, 6.07) is 13.2. The number of rotatable bonds is 4. The van der Waals surface area contributed by atoms with Gasteiger partial charge in [0, 0.05) is 6.04 Å². The summed E-state index contributed by atoms with van der Waals surface area (Å²) in [6.45, 7) is -0.184. The normalized spacial score (nSPS) is 14.9. The lowest BCUT2D eigenvalue weighted by atomic mass is 9.95. The summed E-state index contributed by atoms with van der Waals surface area (Å²) in [4.78, 5) is 30.2. The van der Waals surface area contributed by atoms with E-state index >= 15 is 0 Å². The van der Waals surface area contributed by atoms with E-state index in [1.54, 1.807) is 42.5 Å².